The van der Waals surface area contributed by atoms with Crippen LogP contribution in [0.3, 0.4) is 0 Å². The van der Waals surface area contributed by atoms with Gasteiger partial charge in [-0.15, -0.1) is 0 Å². The second-order valence-corrected chi connectivity index (χ2v) is 15.4. The zero-order valence-electron chi connectivity index (χ0n) is 29.9. The van der Waals surface area contributed by atoms with Crippen LogP contribution in [-0.4, -0.2) is 0 Å². The summed E-state index contributed by atoms with van der Waals surface area (Å²) in [6.07, 6.45) is 0. The Morgan fingerprint density at radius 3 is 1.59 bits per heavy atom. The molecule has 0 radical (unpaired) electrons. The Labute approximate surface area is 300 Å². The maximum Gasteiger partial charge on any atom is 0.136 e. The first kappa shape index (κ1) is 31.1. The van der Waals surface area contributed by atoms with Crippen molar-refractivity contribution in [1.29, 1.82) is 0 Å². The van der Waals surface area contributed by atoms with Crippen molar-refractivity contribution in [3.05, 3.63) is 174 Å². The predicted octanol–water partition coefficient (Wildman–Crippen LogP) is 14.0. The predicted molar refractivity (Wildman–Crippen MR) is 216 cm³/mol. The van der Waals surface area contributed by atoms with Crippen molar-refractivity contribution in [2.75, 3.05) is 4.90 Å². The van der Waals surface area contributed by atoms with E-state index in [9.17, 15) is 0 Å². The van der Waals surface area contributed by atoms with Crippen molar-refractivity contribution in [2.24, 2.45) is 0 Å². The van der Waals surface area contributed by atoms with E-state index in [1.807, 2.05) is 0 Å². The van der Waals surface area contributed by atoms with Gasteiger partial charge in [-0.25, -0.2) is 0 Å². The third-order valence-electron chi connectivity index (χ3n) is 10.8. The average Bonchev–Trinajstić information content (AvgIpc) is 3.64. The maximum absolute atomic E-state index is 6.60. The van der Waals surface area contributed by atoms with E-state index in [-0.39, 0.29) is 10.8 Å². The molecule has 2 nitrogen and oxygen atoms in total. The van der Waals surface area contributed by atoms with Gasteiger partial charge in [0.15, 0.2) is 0 Å². The second kappa shape index (κ2) is 11.6. The van der Waals surface area contributed by atoms with Gasteiger partial charge in [-0.05, 0) is 98.5 Å². The van der Waals surface area contributed by atoms with E-state index in [4.69, 9.17) is 4.42 Å². The summed E-state index contributed by atoms with van der Waals surface area (Å²) >= 11 is 0. The van der Waals surface area contributed by atoms with Crippen LogP contribution in [0.2, 0.25) is 0 Å². The number of hydrogen-bond donors (Lipinski definition) is 0. The first-order valence-corrected chi connectivity index (χ1v) is 17.9. The van der Waals surface area contributed by atoms with E-state index in [0.717, 1.165) is 28.2 Å². The van der Waals surface area contributed by atoms with Gasteiger partial charge in [-0.3, -0.25) is 0 Å². The highest BCUT2D eigenvalue weighted by Gasteiger charge is 2.40. The Hall–Kier alpha value is -5.86. The summed E-state index contributed by atoms with van der Waals surface area (Å²) in [5, 5.41) is 2.38. The van der Waals surface area contributed by atoms with Crippen LogP contribution in [0.25, 0.3) is 55.3 Å². The van der Waals surface area contributed by atoms with Crippen LogP contribution < -0.4 is 4.90 Å². The number of furan rings is 1. The van der Waals surface area contributed by atoms with Crippen molar-refractivity contribution in [3.8, 4) is 33.4 Å². The van der Waals surface area contributed by atoms with Gasteiger partial charge in [0.2, 0.25) is 0 Å². The fraction of sp³-hybridized carbons (Fsp3) is 0.143. The normalized spacial score (nSPS) is 13.4. The lowest BCUT2D eigenvalue weighted by Crippen LogP contribution is -2.16. The van der Waals surface area contributed by atoms with Gasteiger partial charge < -0.3 is 9.32 Å². The van der Waals surface area contributed by atoms with Crippen LogP contribution in [0.4, 0.5) is 17.1 Å². The highest BCUT2D eigenvalue weighted by atomic mass is 16.3. The van der Waals surface area contributed by atoms with Gasteiger partial charge in [-0.2, -0.15) is 0 Å². The van der Waals surface area contributed by atoms with Gasteiger partial charge in [0, 0.05) is 33.1 Å². The lowest BCUT2D eigenvalue weighted by atomic mass is 9.82. The minimum Gasteiger partial charge on any atom is -0.456 e. The van der Waals surface area contributed by atoms with E-state index in [1.54, 1.807) is 0 Å². The lowest BCUT2D eigenvalue weighted by Gasteiger charge is -2.29. The molecule has 0 spiro atoms. The molecule has 1 aliphatic carbocycles. The maximum atomic E-state index is 6.60. The van der Waals surface area contributed by atoms with Crippen molar-refractivity contribution in [1.82, 2.24) is 0 Å². The van der Waals surface area contributed by atoms with E-state index >= 15 is 0 Å². The van der Waals surface area contributed by atoms with Gasteiger partial charge in [0.1, 0.15) is 11.2 Å². The fourth-order valence-electron chi connectivity index (χ4n) is 8.07. The van der Waals surface area contributed by atoms with E-state index < -0.39 is 0 Å². The highest BCUT2D eigenvalue weighted by molar-refractivity contribution is 6.17. The zero-order chi connectivity index (χ0) is 34.9. The van der Waals surface area contributed by atoms with Crippen molar-refractivity contribution >= 4 is 39.0 Å². The summed E-state index contributed by atoms with van der Waals surface area (Å²) in [4.78, 5) is 2.44. The van der Waals surface area contributed by atoms with Gasteiger partial charge in [0.25, 0.3) is 0 Å². The quantitative estimate of drug-likeness (QED) is 0.183. The average molecular weight is 660 g/mol. The van der Waals surface area contributed by atoms with Crippen LogP contribution in [0.15, 0.2) is 162 Å². The molecule has 0 aliphatic heterocycles. The lowest BCUT2D eigenvalue weighted by molar-refractivity contribution is 0.590. The van der Waals surface area contributed by atoms with Crippen LogP contribution in [0.1, 0.15) is 51.3 Å². The number of benzene rings is 7. The van der Waals surface area contributed by atoms with Crippen molar-refractivity contribution in [2.45, 2.75) is 45.4 Å². The van der Waals surface area contributed by atoms with E-state index in [0.29, 0.717) is 0 Å². The summed E-state index contributed by atoms with van der Waals surface area (Å²) in [5.74, 6) is 0. The molecule has 1 aliphatic rings. The third-order valence-corrected chi connectivity index (χ3v) is 10.8. The number of hydrogen-bond acceptors (Lipinski definition) is 2. The summed E-state index contributed by atoms with van der Waals surface area (Å²) < 4.78 is 6.60. The molecular weight excluding hydrogens is 619 g/mol. The highest BCUT2D eigenvalue weighted by Crippen LogP contribution is 2.57. The fourth-order valence-corrected chi connectivity index (χ4v) is 8.07. The molecule has 2 heteroatoms. The molecule has 0 unspecified atom stereocenters. The van der Waals surface area contributed by atoms with Gasteiger partial charge in [0.05, 0.1) is 5.69 Å². The number of nitrogens with zero attached hydrogens (tertiary/aromatic N) is 1. The Bertz CT molecular complexity index is 2470. The molecule has 51 heavy (non-hydrogen) atoms. The molecule has 7 aromatic carbocycles. The van der Waals surface area contributed by atoms with Crippen LogP contribution >= 0.6 is 0 Å². The van der Waals surface area contributed by atoms with Crippen LogP contribution in [-0.2, 0) is 10.8 Å². The molecular formula is C49H41NO. The molecule has 0 saturated carbocycles. The number of rotatable bonds is 5. The summed E-state index contributed by atoms with van der Waals surface area (Å²) in [5.41, 5.74) is 16.4. The molecule has 0 saturated heterocycles. The SMILES string of the molecule is CC(C)(C)c1ccc2oc3ccc4c(c3c2c1)-c1c(N(c2ccc(-c3ccccc3)cc2)c2ccc(-c3ccccc3)cc2)cccc1C4(C)C. The molecule has 0 bridgehead atoms. The summed E-state index contributed by atoms with van der Waals surface area (Å²) in [6.45, 7) is 11.6. The zero-order valence-corrected chi connectivity index (χ0v) is 29.9. The van der Waals surface area contributed by atoms with Crippen molar-refractivity contribution in [3.63, 3.8) is 0 Å². The standard InChI is InChI=1S/C49H41NO/c1-48(2,3)36-23-29-43-39(31-36)45-44(51-43)30-28-41-47(45)46-40(49(41,4)5)17-12-18-42(46)50(37-24-19-34(20-25-37)32-13-8-6-9-14-32)38-26-21-35(22-27-38)33-15-10-7-11-16-33/h6-31H,1-5H3. The van der Waals surface area contributed by atoms with E-state index in [1.165, 1.54) is 60.8 Å². The topological polar surface area (TPSA) is 16.4 Å². The minimum atomic E-state index is -0.194. The molecule has 1 heterocycles. The Morgan fingerprint density at radius 1 is 0.490 bits per heavy atom. The molecule has 9 rings (SSSR count). The van der Waals surface area contributed by atoms with Crippen LogP contribution in [0, 0.1) is 0 Å². The second-order valence-electron chi connectivity index (χ2n) is 15.4. The number of anilines is 3. The first-order valence-electron chi connectivity index (χ1n) is 17.9. The largest absolute Gasteiger partial charge is 0.456 e. The van der Waals surface area contributed by atoms with Gasteiger partial charge in [-0.1, -0.05) is 144 Å². The molecule has 248 valence electrons. The first-order chi connectivity index (χ1) is 24.7. The molecule has 0 N–H and O–H groups in total. The Kier molecular flexibility index (Phi) is 7.09. The van der Waals surface area contributed by atoms with Gasteiger partial charge >= 0.3 is 0 Å². The number of fused-ring (bicyclic) bond motifs is 7. The monoisotopic (exact) mass is 659 g/mol. The molecule has 8 aromatic rings. The van der Waals surface area contributed by atoms with E-state index in [2.05, 4.69) is 197 Å². The van der Waals surface area contributed by atoms with Crippen molar-refractivity contribution < 1.29 is 4.42 Å². The summed E-state index contributed by atoms with van der Waals surface area (Å²) in [7, 11) is 0. The van der Waals surface area contributed by atoms with Crippen LogP contribution in [0.5, 0.6) is 0 Å². The Balaban J connectivity index is 1.30. The molecule has 1 aromatic heterocycles. The molecule has 0 atom stereocenters. The minimum absolute atomic E-state index is 0.0205. The third kappa shape index (κ3) is 5.09. The smallest absolute Gasteiger partial charge is 0.136 e. The molecule has 0 fully saturated rings. The molecule has 0 amide bonds. The Morgan fingerprint density at radius 2 is 1.02 bits per heavy atom. The summed E-state index contributed by atoms with van der Waals surface area (Å²) in [6, 6.07) is 57.3.